The van der Waals surface area contributed by atoms with Gasteiger partial charge in [0.05, 0.1) is 0 Å². The van der Waals surface area contributed by atoms with Crippen LogP contribution in [0.25, 0.3) is 0 Å². The lowest BCUT2D eigenvalue weighted by atomic mass is 10.2. The minimum absolute atomic E-state index is 0.0771. The van der Waals surface area contributed by atoms with Crippen LogP contribution in [-0.4, -0.2) is 19.1 Å². The Kier molecular flexibility index (Phi) is 3.26. The maximum atomic E-state index is 11.7. The third-order valence-corrected chi connectivity index (χ3v) is 1.42. The maximum absolute atomic E-state index is 11.7. The van der Waals surface area contributed by atoms with Crippen molar-refractivity contribution in [2.75, 3.05) is 13.2 Å². The standard InChI is InChI=1S/C9H10FNO/c10-6-7-11-9(12)8-4-2-1-3-5-8/h1-5H,6-7H2,(H,11,12)/i10+0. The Labute approximate surface area is 70.4 Å². The fraction of sp³-hybridized carbons (Fsp3) is 0.222. The molecule has 0 bridgehead atoms. The maximum Gasteiger partial charge on any atom is 0.251 e. The Morgan fingerprint density at radius 3 is 2.58 bits per heavy atom. The monoisotopic (exact) mass is 167 g/mol. The molecule has 0 saturated heterocycles. The molecule has 0 heterocycles. The van der Waals surface area contributed by atoms with Crippen LogP contribution in [0.15, 0.2) is 30.3 Å². The van der Waals surface area contributed by atoms with Crippen LogP contribution in [-0.2, 0) is 0 Å². The van der Waals surface area contributed by atoms with Gasteiger partial charge in [-0.05, 0) is 12.1 Å². The highest BCUT2D eigenvalue weighted by Crippen LogP contribution is 1.96. The quantitative estimate of drug-likeness (QED) is 0.724. The average Bonchev–Trinajstić information content (AvgIpc) is 2.15. The van der Waals surface area contributed by atoms with Crippen molar-refractivity contribution < 1.29 is 9.18 Å². The second-order valence-corrected chi connectivity index (χ2v) is 2.31. The first-order valence-electron chi connectivity index (χ1n) is 3.74. The van der Waals surface area contributed by atoms with Crippen molar-refractivity contribution in [1.82, 2.24) is 5.32 Å². The third-order valence-electron chi connectivity index (χ3n) is 1.42. The van der Waals surface area contributed by atoms with Gasteiger partial charge in [-0.25, -0.2) is 4.39 Å². The lowest BCUT2D eigenvalue weighted by Crippen LogP contribution is -2.25. The predicted molar refractivity (Wildman–Crippen MR) is 44.8 cm³/mol. The molecule has 0 fully saturated rings. The molecule has 0 saturated carbocycles. The number of benzene rings is 1. The van der Waals surface area contributed by atoms with Crippen LogP contribution in [0.4, 0.5) is 4.39 Å². The van der Waals surface area contributed by atoms with E-state index in [0.29, 0.717) is 5.56 Å². The molecule has 1 amide bonds. The Hall–Kier alpha value is -1.38. The van der Waals surface area contributed by atoms with Crippen molar-refractivity contribution in [3.8, 4) is 0 Å². The van der Waals surface area contributed by atoms with Gasteiger partial charge in [0.1, 0.15) is 6.67 Å². The van der Waals surface area contributed by atoms with Crippen molar-refractivity contribution in [2.24, 2.45) is 0 Å². The molecule has 0 aliphatic heterocycles. The van der Waals surface area contributed by atoms with E-state index in [1.165, 1.54) is 0 Å². The SMILES string of the molecule is O=C(NCC[19F])c1ccccc1. The highest BCUT2D eigenvalue weighted by Gasteiger charge is 2.01. The van der Waals surface area contributed by atoms with Crippen LogP contribution in [0.1, 0.15) is 10.4 Å². The summed E-state index contributed by atoms with van der Waals surface area (Å²) in [6.45, 7) is -0.452. The molecule has 1 rings (SSSR count). The number of carbonyl (C=O) groups excluding carboxylic acids is 1. The number of hydrogen-bond acceptors (Lipinski definition) is 1. The summed E-state index contributed by atoms with van der Waals surface area (Å²) in [7, 11) is 0. The second-order valence-electron chi connectivity index (χ2n) is 2.31. The Balaban J connectivity index is 2.54. The van der Waals surface area contributed by atoms with Crippen molar-refractivity contribution >= 4 is 5.91 Å². The zero-order chi connectivity index (χ0) is 8.81. The number of nitrogens with one attached hydrogen (secondary N) is 1. The van der Waals surface area contributed by atoms with Crippen LogP contribution in [0, 0.1) is 0 Å². The number of rotatable bonds is 3. The van der Waals surface area contributed by atoms with Crippen LogP contribution in [0.5, 0.6) is 0 Å². The van der Waals surface area contributed by atoms with E-state index in [2.05, 4.69) is 5.32 Å². The highest BCUT2D eigenvalue weighted by molar-refractivity contribution is 5.94. The second kappa shape index (κ2) is 4.49. The summed E-state index contributed by atoms with van der Waals surface area (Å²) >= 11 is 0. The molecule has 0 radical (unpaired) electrons. The minimum atomic E-state index is -0.529. The first-order valence-corrected chi connectivity index (χ1v) is 3.74. The lowest BCUT2D eigenvalue weighted by Gasteiger charge is -2.00. The Bertz CT molecular complexity index is 248. The molecule has 3 heteroatoms. The van der Waals surface area contributed by atoms with E-state index in [9.17, 15) is 9.18 Å². The van der Waals surface area contributed by atoms with E-state index in [1.807, 2.05) is 6.07 Å². The molecule has 0 atom stereocenters. The number of amides is 1. The Morgan fingerprint density at radius 1 is 1.33 bits per heavy atom. The van der Waals surface area contributed by atoms with Gasteiger partial charge in [0.15, 0.2) is 0 Å². The molecule has 0 aromatic heterocycles. The summed E-state index contributed by atoms with van der Waals surface area (Å²) < 4.78 is 11.7. The van der Waals surface area contributed by atoms with Crippen LogP contribution in [0.3, 0.4) is 0 Å². The van der Waals surface area contributed by atoms with Gasteiger partial charge >= 0.3 is 0 Å². The largest absolute Gasteiger partial charge is 0.349 e. The molecule has 1 N–H and O–H groups in total. The Morgan fingerprint density at radius 2 is 2.00 bits per heavy atom. The molecule has 1 aromatic carbocycles. The van der Waals surface area contributed by atoms with Crippen LogP contribution in [0.2, 0.25) is 0 Å². The number of carbonyl (C=O) groups is 1. The van der Waals surface area contributed by atoms with Gasteiger partial charge < -0.3 is 5.32 Å². The van der Waals surface area contributed by atoms with E-state index in [4.69, 9.17) is 0 Å². The smallest absolute Gasteiger partial charge is 0.251 e. The molecule has 0 unspecified atom stereocenters. The summed E-state index contributed by atoms with van der Waals surface area (Å²) in [4.78, 5) is 11.1. The van der Waals surface area contributed by atoms with Crippen molar-refractivity contribution in [3.05, 3.63) is 35.9 Å². The molecular formula is C9H10FNO. The number of halogens is 1. The fourth-order valence-electron chi connectivity index (χ4n) is 0.852. The van der Waals surface area contributed by atoms with Gasteiger partial charge in [-0.1, -0.05) is 18.2 Å². The fourth-order valence-corrected chi connectivity index (χ4v) is 0.852. The summed E-state index contributed by atoms with van der Waals surface area (Å²) in [6.07, 6.45) is 0. The zero-order valence-electron chi connectivity index (χ0n) is 6.59. The molecule has 0 aliphatic rings. The molecule has 0 spiro atoms. The normalized spacial score (nSPS) is 9.42. The van der Waals surface area contributed by atoms with Crippen molar-refractivity contribution in [2.45, 2.75) is 0 Å². The summed E-state index contributed by atoms with van der Waals surface area (Å²) in [6, 6.07) is 8.74. The topological polar surface area (TPSA) is 29.1 Å². The molecule has 12 heavy (non-hydrogen) atoms. The van der Waals surface area contributed by atoms with E-state index in [-0.39, 0.29) is 12.5 Å². The van der Waals surface area contributed by atoms with Gasteiger partial charge in [-0.15, -0.1) is 0 Å². The third kappa shape index (κ3) is 2.34. The molecule has 1 aromatic rings. The summed E-state index contributed by atoms with van der Waals surface area (Å²) in [5, 5.41) is 2.43. The van der Waals surface area contributed by atoms with Gasteiger partial charge in [0.2, 0.25) is 0 Å². The van der Waals surface area contributed by atoms with Crippen LogP contribution < -0.4 is 5.32 Å². The van der Waals surface area contributed by atoms with E-state index in [1.54, 1.807) is 24.3 Å². The average molecular weight is 167 g/mol. The van der Waals surface area contributed by atoms with Crippen molar-refractivity contribution in [1.29, 1.82) is 0 Å². The molecule has 64 valence electrons. The first kappa shape index (κ1) is 8.71. The van der Waals surface area contributed by atoms with Crippen molar-refractivity contribution in [3.63, 3.8) is 0 Å². The first-order chi connectivity index (χ1) is 5.84. The molecule has 0 aliphatic carbocycles. The molecular weight excluding hydrogens is 157 g/mol. The predicted octanol–water partition coefficient (Wildman–Crippen LogP) is 1.39. The minimum Gasteiger partial charge on any atom is -0.349 e. The van der Waals surface area contributed by atoms with Crippen LogP contribution >= 0.6 is 0 Å². The zero-order valence-corrected chi connectivity index (χ0v) is 6.59. The van der Waals surface area contributed by atoms with Gasteiger partial charge in [0, 0.05) is 12.1 Å². The van der Waals surface area contributed by atoms with Gasteiger partial charge in [-0.3, -0.25) is 4.79 Å². The van der Waals surface area contributed by atoms with E-state index in [0.717, 1.165) is 0 Å². The summed E-state index contributed by atoms with van der Waals surface area (Å²) in [5.41, 5.74) is 0.561. The highest BCUT2D eigenvalue weighted by atomic mass is 19.1. The van der Waals surface area contributed by atoms with Gasteiger partial charge in [-0.2, -0.15) is 0 Å². The summed E-state index contributed by atoms with van der Waals surface area (Å²) in [5.74, 6) is -0.228. The number of hydrogen-bond donors (Lipinski definition) is 1. The van der Waals surface area contributed by atoms with E-state index < -0.39 is 6.67 Å². The lowest BCUT2D eigenvalue weighted by molar-refractivity contribution is 0.0951. The van der Waals surface area contributed by atoms with Gasteiger partial charge in [0.25, 0.3) is 5.91 Å². The molecule has 2 nitrogen and oxygen atoms in total. The number of alkyl halides is 1. The van der Waals surface area contributed by atoms with E-state index >= 15 is 0 Å².